The van der Waals surface area contributed by atoms with Gasteiger partial charge in [-0.2, -0.15) is 0 Å². The smallest absolute Gasteiger partial charge is 0.0616 e. The molecule has 1 aromatic carbocycles. The molecule has 0 aromatic heterocycles. The van der Waals surface area contributed by atoms with Crippen LogP contribution in [0.1, 0.15) is 38.3 Å². The van der Waals surface area contributed by atoms with Crippen molar-refractivity contribution in [3.05, 3.63) is 34.3 Å². The van der Waals surface area contributed by atoms with E-state index in [-0.39, 0.29) is 0 Å². The molecular formula is C14H22BrNO. The molecule has 0 aliphatic heterocycles. The van der Waals surface area contributed by atoms with Gasteiger partial charge in [-0.05, 0) is 25.0 Å². The van der Waals surface area contributed by atoms with E-state index in [1.54, 1.807) is 7.11 Å². The molecule has 0 bridgehead atoms. The summed E-state index contributed by atoms with van der Waals surface area (Å²) in [5.41, 5.74) is 1.30. The van der Waals surface area contributed by atoms with Crippen LogP contribution in [0.2, 0.25) is 0 Å². The Labute approximate surface area is 113 Å². The predicted molar refractivity (Wildman–Crippen MR) is 76.3 cm³/mol. The van der Waals surface area contributed by atoms with E-state index in [2.05, 4.69) is 53.3 Å². The third-order valence-electron chi connectivity index (χ3n) is 2.86. The lowest BCUT2D eigenvalue weighted by Gasteiger charge is -2.23. The molecule has 2 nitrogen and oxygen atoms in total. The summed E-state index contributed by atoms with van der Waals surface area (Å²) in [6.07, 6.45) is 2.31. The van der Waals surface area contributed by atoms with Crippen LogP contribution in [0.5, 0.6) is 0 Å². The molecule has 96 valence electrons. The van der Waals surface area contributed by atoms with Crippen LogP contribution in [0.4, 0.5) is 0 Å². The van der Waals surface area contributed by atoms with Crippen molar-refractivity contribution in [2.24, 2.45) is 0 Å². The Balaban J connectivity index is 2.63. The quantitative estimate of drug-likeness (QED) is 0.824. The molecule has 0 heterocycles. The Kier molecular flexibility index (Phi) is 6.78. The molecule has 0 aliphatic rings. The second kappa shape index (κ2) is 7.85. The van der Waals surface area contributed by atoms with Crippen LogP contribution < -0.4 is 5.32 Å². The number of hydrogen-bond donors (Lipinski definition) is 1. The van der Waals surface area contributed by atoms with Gasteiger partial charge in [0.25, 0.3) is 0 Å². The molecule has 3 heteroatoms. The van der Waals surface area contributed by atoms with E-state index in [1.165, 1.54) is 12.0 Å². The van der Waals surface area contributed by atoms with Crippen molar-refractivity contribution in [1.29, 1.82) is 0 Å². The van der Waals surface area contributed by atoms with E-state index in [4.69, 9.17) is 4.74 Å². The zero-order valence-corrected chi connectivity index (χ0v) is 12.5. The Hall–Kier alpha value is -0.380. The summed E-state index contributed by atoms with van der Waals surface area (Å²) in [6.45, 7) is 5.16. The fourth-order valence-corrected chi connectivity index (χ4v) is 2.66. The first-order chi connectivity index (χ1) is 8.19. The van der Waals surface area contributed by atoms with Gasteiger partial charge in [-0.15, -0.1) is 0 Å². The van der Waals surface area contributed by atoms with Crippen LogP contribution in [0.3, 0.4) is 0 Å². The van der Waals surface area contributed by atoms with Crippen molar-refractivity contribution in [3.8, 4) is 0 Å². The molecule has 1 rings (SSSR count). The topological polar surface area (TPSA) is 21.3 Å². The number of halogens is 1. The van der Waals surface area contributed by atoms with Gasteiger partial charge in [0.05, 0.1) is 6.61 Å². The molecule has 0 spiro atoms. The maximum atomic E-state index is 5.25. The van der Waals surface area contributed by atoms with Crippen LogP contribution in [0.25, 0.3) is 0 Å². The molecular weight excluding hydrogens is 278 g/mol. The third-order valence-corrected chi connectivity index (χ3v) is 3.58. The highest BCUT2D eigenvalue weighted by Crippen LogP contribution is 2.23. The second-order valence-corrected chi connectivity index (χ2v) is 5.21. The Morgan fingerprint density at radius 2 is 2.06 bits per heavy atom. The average molecular weight is 300 g/mol. The summed E-state index contributed by atoms with van der Waals surface area (Å²) in [4.78, 5) is 0. The molecule has 2 atom stereocenters. The van der Waals surface area contributed by atoms with Crippen LogP contribution in [0.15, 0.2) is 28.7 Å². The summed E-state index contributed by atoms with van der Waals surface area (Å²) in [6, 6.07) is 9.10. The molecule has 0 aliphatic carbocycles. The summed E-state index contributed by atoms with van der Waals surface area (Å²) < 4.78 is 6.41. The molecule has 17 heavy (non-hydrogen) atoms. The van der Waals surface area contributed by atoms with Crippen molar-refractivity contribution in [1.82, 2.24) is 5.32 Å². The zero-order valence-electron chi connectivity index (χ0n) is 10.9. The average Bonchev–Trinajstić information content (AvgIpc) is 2.30. The van der Waals surface area contributed by atoms with E-state index < -0.39 is 0 Å². The van der Waals surface area contributed by atoms with Gasteiger partial charge in [-0.3, -0.25) is 0 Å². The number of methoxy groups -OCH3 is 1. The Bertz CT molecular complexity index is 324. The van der Waals surface area contributed by atoms with E-state index in [9.17, 15) is 0 Å². The van der Waals surface area contributed by atoms with E-state index >= 15 is 0 Å². The first kappa shape index (κ1) is 14.7. The number of hydrogen-bond acceptors (Lipinski definition) is 2. The monoisotopic (exact) mass is 299 g/mol. The third kappa shape index (κ3) is 4.78. The molecule has 1 aromatic rings. The molecule has 0 saturated carbocycles. The standard InChI is InChI=1S/C14H22BrNO/c1-4-7-12(10-17-3)16-11(2)13-8-5-6-9-14(13)15/h5-6,8-9,11-12,16H,4,7,10H2,1-3H3. The lowest BCUT2D eigenvalue weighted by Crippen LogP contribution is -2.35. The highest BCUT2D eigenvalue weighted by atomic mass is 79.9. The van der Waals surface area contributed by atoms with Crippen LogP contribution >= 0.6 is 15.9 Å². The van der Waals surface area contributed by atoms with E-state index in [0.717, 1.165) is 17.5 Å². The minimum atomic E-state index is 0.331. The predicted octanol–water partition coefficient (Wildman–Crippen LogP) is 3.91. The molecule has 0 fully saturated rings. The molecule has 0 radical (unpaired) electrons. The summed E-state index contributed by atoms with van der Waals surface area (Å²) >= 11 is 3.59. The fraction of sp³-hybridized carbons (Fsp3) is 0.571. The zero-order chi connectivity index (χ0) is 12.7. The van der Waals surface area contributed by atoms with Gasteiger partial charge in [-0.1, -0.05) is 47.5 Å². The van der Waals surface area contributed by atoms with E-state index in [1.807, 2.05) is 6.07 Å². The first-order valence-electron chi connectivity index (χ1n) is 6.18. The number of rotatable bonds is 7. The van der Waals surface area contributed by atoms with Gasteiger partial charge >= 0.3 is 0 Å². The molecule has 0 saturated heterocycles. The Morgan fingerprint density at radius 3 is 2.65 bits per heavy atom. The van der Waals surface area contributed by atoms with Crippen molar-refractivity contribution in [2.45, 2.75) is 38.8 Å². The highest BCUT2D eigenvalue weighted by Gasteiger charge is 2.14. The number of ether oxygens (including phenoxy) is 1. The summed E-state index contributed by atoms with van der Waals surface area (Å²) in [5, 5.41) is 3.62. The normalized spacial score (nSPS) is 14.6. The lowest BCUT2D eigenvalue weighted by molar-refractivity contribution is 0.157. The van der Waals surface area contributed by atoms with Gasteiger partial charge < -0.3 is 10.1 Å². The van der Waals surface area contributed by atoms with Crippen molar-refractivity contribution in [3.63, 3.8) is 0 Å². The van der Waals surface area contributed by atoms with Gasteiger partial charge in [-0.25, -0.2) is 0 Å². The molecule has 0 amide bonds. The fourth-order valence-electron chi connectivity index (χ4n) is 2.03. The number of nitrogens with one attached hydrogen (secondary N) is 1. The molecule has 1 N–H and O–H groups in total. The van der Waals surface area contributed by atoms with Gasteiger partial charge in [0.2, 0.25) is 0 Å². The van der Waals surface area contributed by atoms with Crippen LogP contribution in [0, 0.1) is 0 Å². The van der Waals surface area contributed by atoms with Crippen molar-refractivity contribution >= 4 is 15.9 Å². The summed E-state index contributed by atoms with van der Waals surface area (Å²) in [5.74, 6) is 0. The van der Waals surface area contributed by atoms with Crippen molar-refractivity contribution < 1.29 is 4.74 Å². The second-order valence-electron chi connectivity index (χ2n) is 4.35. The van der Waals surface area contributed by atoms with E-state index in [0.29, 0.717) is 12.1 Å². The van der Waals surface area contributed by atoms with Crippen molar-refractivity contribution in [2.75, 3.05) is 13.7 Å². The van der Waals surface area contributed by atoms with Gasteiger partial charge in [0.1, 0.15) is 0 Å². The lowest BCUT2D eigenvalue weighted by atomic mass is 10.1. The first-order valence-corrected chi connectivity index (χ1v) is 6.97. The minimum absolute atomic E-state index is 0.331. The van der Waals surface area contributed by atoms with Gasteiger partial charge in [0, 0.05) is 23.7 Å². The largest absolute Gasteiger partial charge is 0.383 e. The maximum absolute atomic E-state index is 5.25. The van der Waals surface area contributed by atoms with Crippen LogP contribution in [-0.4, -0.2) is 19.8 Å². The molecule has 2 unspecified atom stereocenters. The SMILES string of the molecule is CCCC(COC)NC(C)c1ccccc1Br. The number of benzene rings is 1. The summed E-state index contributed by atoms with van der Waals surface area (Å²) in [7, 11) is 1.76. The highest BCUT2D eigenvalue weighted by molar-refractivity contribution is 9.10. The maximum Gasteiger partial charge on any atom is 0.0616 e. The minimum Gasteiger partial charge on any atom is -0.383 e. The van der Waals surface area contributed by atoms with Gasteiger partial charge in [0.15, 0.2) is 0 Å². The van der Waals surface area contributed by atoms with Crippen LogP contribution in [-0.2, 0) is 4.74 Å². The Morgan fingerprint density at radius 1 is 1.35 bits per heavy atom.